The third-order valence-electron chi connectivity index (χ3n) is 5.49. The second-order valence-electron chi connectivity index (χ2n) is 7.53. The van der Waals surface area contributed by atoms with E-state index in [2.05, 4.69) is 28.1 Å². The van der Waals surface area contributed by atoms with Crippen LogP contribution >= 0.6 is 15.9 Å². The summed E-state index contributed by atoms with van der Waals surface area (Å²) >= 11 is 3.36. The molecule has 0 unspecified atom stereocenters. The molecular formula is C25H22BrNO3. The van der Waals surface area contributed by atoms with Gasteiger partial charge in [0.1, 0.15) is 0 Å². The molecule has 1 N–H and O–H groups in total. The third kappa shape index (κ3) is 3.95. The second-order valence-corrected chi connectivity index (χ2v) is 8.45. The fourth-order valence-corrected chi connectivity index (χ4v) is 4.38. The summed E-state index contributed by atoms with van der Waals surface area (Å²) in [6.45, 7) is 0.484. The summed E-state index contributed by atoms with van der Waals surface area (Å²) in [7, 11) is 0. The number of hydrogen-bond acceptors (Lipinski definition) is 3. The molecule has 4 nitrogen and oxygen atoms in total. The van der Waals surface area contributed by atoms with Crippen molar-refractivity contribution in [3.8, 4) is 0 Å². The van der Waals surface area contributed by atoms with Crippen molar-refractivity contribution in [2.24, 2.45) is 0 Å². The number of carbonyl (C=O) groups is 2. The zero-order valence-corrected chi connectivity index (χ0v) is 18.0. The van der Waals surface area contributed by atoms with Crippen molar-refractivity contribution < 1.29 is 14.7 Å². The maximum Gasteiger partial charge on any atom is 0.264 e. The largest absolute Gasteiger partial charge is 0.375 e. The summed E-state index contributed by atoms with van der Waals surface area (Å²) in [5, 5.41) is 11.4. The molecular weight excluding hydrogens is 442 g/mol. The summed E-state index contributed by atoms with van der Waals surface area (Å²) in [6.07, 6.45) is 1.32. The molecule has 4 rings (SSSR count). The van der Waals surface area contributed by atoms with E-state index in [4.69, 9.17) is 0 Å². The molecule has 0 bridgehead atoms. The Labute approximate surface area is 184 Å². The van der Waals surface area contributed by atoms with Crippen LogP contribution in [-0.4, -0.2) is 23.3 Å². The number of anilines is 1. The van der Waals surface area contributed by atoms with Crippen LogP contribution in [0.1, 0.15) is 34.3 Å². The average Bonchev–Trinajstić information content (AvgIpc) is 2.96. The molecule has 0 spiro atoms. The summed E-state index contributed by atoms with van der Waals surface area (Å²) in [4.78, 5) is 27.8. The first kappa shape index (κ1) is 20.5. The predicted octanol–water partition coefficient (Wildman–Crippen LogP) is 4.89. The van der Waals surface area contributed by atoms with Crippen LogP contribution in [0.25, 0.3) is 0 Å². The highest BCUT2D eigenvalue weighted by molar-refractivity contribution is 9.10. The van der Waals surface area contributed by atoms with E-state index in [0.717, 1.165) is 17.3 Å². The van der Waals surface area contributed by atoms with E-state index in [0.29, 0.717) is 23.4 Å². The smallest absolute Gasteiger partial charge is 0.264 e. The SMILES string of the molecule is O=C(C[C@@]1(O)C(=O)N(CCCc2ccccc2)c2ccccc21)c1cccc(Br)c1. The lowest BCUT2D eigenvalue weighted by atomic mass is 9.88. The van der Waals surface area contributed by atoms with Gasteiger partial charge in [-0.2, -0.15) is 0 Å². The number of aliphatic hydroxyl groups is 1. The van der Waals surface area contributed by atoms with Crippen LogP contribution in [-0.2, 0) is 16.8 Å². The monoisotopic (exact) mass is 463 g/mol. The van der Waals surface area contributed by atoms with Crippen molar-refractivity contribution in [1.29, 1.82) is 0 Å². The Morgan fingerprint density at radius 3 is 2.47 bits per heavy atom. The molecule has 0 radical (unpaired) electrons. The highest BCUT2D eigenvalue weighted by Crippen LogP contribution is 2.43. The highest BCUT2D eigenvalue weighted by Gasteiger charge is 2.50. The summed E-state index contributed by atoms with van der Waals surface area (Å²) in [5.41, 5.74) is 1.00. The molecule has 3 aromatic rings. The summed E-state index contributed by atoms with van der Waals surface area (Å²) < 4.78 is 0.779. The molecule has 0 aromatic heterocycles. The molecule has 0 fully saturated rings. The molecule has 152 valence electrons. The number of para-hydroxylation sites is 1. The predicted molar refractivity (Wildman–Crippen MR) is 121 cm³/mol. The van der Waals surface area contributed by atoms with Crippen LogP contribution in [0.3, 0.4) is 0 Å². The molecule has 5 heteroatoms. The minimum atomic E-state index is -1.84. The van der Waals surface area contributed by atoms with Gasteiger partial charge in [0, 0.05) is 22.1 Å². The molecule has 0 aliphatic carbocycles. The van der Waals surface area contributed by atoms with Crippen molar-refractivity contribution in [3.05, 3.63) is 100 Å². The lowest BCUT2D eigenvalue weighted by Gasteiger charge is -2.23. The van der Waals surface area contributed by atoms with Crippen LogP contribution in [0.5, 0.6) is 0 Å². The molecule has 1 aliphatic rings. The molecule has 3 aromatic carbocycles. The number of nitrogens with zero attached hydrogens (tertiary/aromatic N) is 1. The number of halogens is 1. The molecule has 1 heterocycles. The number of benzene rings is 3. The standard InChI is InChI=1S/C25H22BrNO3/c26-20-12-6-11-19(16-20)23(28)17-25(30)21-13-4-5-14-22(21)27(24(25)29)15-7-10-18-8-2-1-3-9-18/h1-6,8-9,11-14,16,30H,7,10,15,17H2/t25-/m0/s1. The Kier molecular flexibility index (Phi) is 5.84. The average molecular weight is 464 g/mol. The van der Waals surface area contributed by atoms with E-state index in [9.17, 15) is 14.7 Å². The third-order valence-corrected chi connectivity index (χ3v) is 5.99. The molecule has 0 saturated heterocycles. The Hall–Kier alpha value is -2.76. The van der Waals surface area contributed by atoms with Gasteiger partial charge in [0.15, 0.2) is 11.4 Å². The van der Waals surface area contributed by atoms with Crippen molar-refractivity contribution in [2.45, 2.75) is 24.9 Å². The Balaban J connectivity index is 1.55. The number of Topliss-reactive ketones (excluding diaryl/α,β-unsaturated/α-hetero) is 1. The van der Waals surface area contributed by atoms with E-state index >= 15 is 0 Å². The molecule has 30 heavy (non-hydrogen) atoms. The van der Waals surface area contributed by atoms with Crippen LogP contribution in [0.4, 0.5) is 5.69 Å². The Morgan fingerprint density at radius 2 is 1.70 bits per heavy atom. The molecule has 1 amide bonds. The Bertz CT molecular complexity index is 1080. The molecule has 0 saturated carbocycles. The summed E-state index contributed by atoms with van der Waals surface area (Å²) in [5.74, 6) is -0.701. The normalized spacial score (nSPS) is 17.8. The van der Waals surface area contributed by atoms with Gasteiger partial charge in [0.2, 0.25) is 0 Å². The lowest BCUT2D eigenvalue weighted by molar-refractivity contribution is -0.135. The van der Waals surface area contributed by atoms with Gasteiger partial charge in [0.05, 0.1) is 12.1 Å². The fourth-order valence-electron chi connectivity index (χ4n) is 3.98. The van der Waals surface area contributed by atoms with Crippen molar-refractivity contribution >= 4 is 33.3 Å². The van der Waals surface area contributed by atoms with Gasteiger partial charge in [0.25, 0.3) is 5.91 Å². The van der Waals surface area contributed by atoms with E-state index in [1.54, 1.807) is 35.2 Å². The first-order valence-electron chi connectivity index (χ1n) is 9.95. The van der Waals surface area contributed by atoms with Crippen LogP contribution in [0.2, 0.25) is 0 Å². The second kappa shape index (κ2) is 8.54. The van der Waals surface area contributed by atoms with Gasteiger partial charge in [-0.05, 0) is 36.6 Å². The van der Waals surface area contributed by atoms with Gasteiger partial charge in [-0.3, -0.25) is 9.59 Å². The lowest BCUT2D eigenvalue weighted by Crippen LogP contribution is -2.42. The number of hydrogen-bond donors (Lipinski definition) is 1. The highest BCUT2D eigenvalue weighted by atomic mass is 79.9. The summed E-state index contributed by atoms with van der Waals surface area (Å²) in [6, 6.07) is 24.3. The zero-order chi connectivity index (χ0) is 21.1. The van der Waals surface area contributed by atoms with E-state index in [1.807, 2.05) is 36.4 Å². The number of carbonyl (C=O) groups excluding carboxylic acids is 2. The topological polar surface area (TPSA) is 57.6 Å². The minimum absolute atomic E-state index is 0.270. The van der Waals surface area contributed by atoms with Crippen molar-refractivity contribution in [1.82, 2.24) is 0 Å². The minimum Gasteiger partial charge on any atom is -0.375 e. The van der Waals surface area contributed by atoms with Gasteiger partial charge < -0.3 is 10.0 Å². The van der Waals surface area contributed by atoms with Crippen LogP contribution in [0.15, 0.2) is 83.3 Å². The fraction of sp³-hybridized carbons (Fsp3) is 0.200. The quantitative estimate of drug-likeness (QED) is 0.507. The number of ketones is 1. The molecule has 1 atom stereocenters. The maximum atomic E-state index is 13.3. The van der Waals surface area contributed by atoms with Crippen LogP contribution in [0, 0.1) is 0 Å². The number of aryl methyl sites for hydroxylation is 1. The van der Waals surface area contributed by atoms with Crippen LogP contribution < -0.4 is 4.90 Å². The van der Waals surface area contributed by atoms with Gasteiger partial charge in [-0.1, -0.05) is 76.6 Å². The van der Waals surface area contributed by atoms with Gasteiger partial charge >= 0.3 is 0 Å². The Morgan fingerprint density at radius 1 is 0.967 bits per heavy atom. The van der Waals surface area contributed by atoms with E-state index in [1.165, 1.54) is 5.56 Å². The first-order valence-corrected chi connectivity index (χ1v) is 10.7. The number of amides is 1. The molecule has 1 aliphatic heterocycles. The first-order chi connectivity index (χ1) is 14.5. The number of fused-ring (bicyclic) bond motifs is 1. The maximum absolute atomic E-state index is 13.3. The van der Waals surface area contributed by atoms with Gasteiger partial charge in [-0.15, -0.1) is 0 Å². The van der Waals surface area contributed by atoms with Gasteiger partial charge in [-0.25, -0.2) is 0 Å². The van der Waals surface area contributed by atoms with E-state index < -0.39 is 11.5 Å². The van der Waals surface area contributed by atoms with Crippen molar-refractivity contribution in [2.75, 3.05) is 11.4 Å². The van der Waals surface area contributed by atoms with E-state index in [-0.39, 0.29) is 12.2 Å². The van der Waals surface area contributed by atoms with Crippen molar-refractivity contribution in [3.63, 3.8) is 0 Å². The number of rotatable bonds is 7. The zero-order valence-electron chi connectivity index (χ0n) is 16.4.